The first-order valence-electron chi connectivity index (χ1n) is 7.36. The average Bonchev–Trinajstić information content (AvgIpc) is 2.39. The Bertz CT molecular complexity index is 281. The molecule has 0 atom stereocenters. The quantitative estimate of drug-likeness (QED) is 0.584. The van der Waals surface area contributed by atoms with Crippen LogP contribution in [0.2, 0.25) is 0 Å². The summed E-state index contributed by atoms with van der Waals surface area (Å²) in [5, 5.41) is 9.05. The minimum Gasteiger partial charge on any atom is -0.481 e. The Labute approximate surface area is 111 Å². The SMILES string of the molecule is C=CC1CCC(C2CCC(OC(=C)O)CC2)CC1. The maximum Gasteiger partial charge on any atom is 0.269 e. The molecule has 2 rings (SSSR count). The lowest BCUT2D eigenvalue weighted by atomic mass is 9.70. The van der Waals surface area contributed by atoms with Gasteiger partial charge in [-0.1, -0.05) is 6.08 Å². The highest BCUT2D eigenvalue weighted by molar-refractivity contribution is 4.88. The topological polar surface area (TPSA) is 29.5 Å². The van der Waals surface area contributed by atoms with Crippen LogP contribution < -0.4 is 0 Å². The van der Waals surface area contributed by atoms with Crippen molar-refractivity contribution in [2.24, 2.45) is 17.8 Å². The van der Waals surface area contributed by atoms with Crippen LogP contribution in [0.15, 0.2) is 25.2 Å². The monoisotopic (exact) mass is 250 g/mol. The third kappa shape index (κ3) is 3.54. The molecular weight excluding hydrogens is 224 g/mol. The molecule has 102 valence electrons. The van der Waals surface area contributed by atoms with E-state index < -0.39 is 0 Å². The fourth-order valence-corrected chi connectivity index (χ4v) is 3.72. The van der Waals surface area contributed by atoms with Gasteiger partial charge in [0.2, 0.25) is 0 Å². The van der Waals surface area contributed by atoms with Gasteiger partial charge in [0, 0.05) is 0 Å². The summed E-state index contributed by atoms with van der Waals surface area (Å²) in [5.41, 5.74) is 0. The molecule has 2 aliphatic rings. The van der Waals surface area contributed by atoms with E-state index in [4.69, 9.17) is 9.84 Å². The highest BCUT2D eigenvalue weighted by Crippen LogP contribution is 2.40. The van der Waals surface area contributed by atoms with Crippen molar-refractivity contribution in [3.63, 3.8) is 0 Å². The predicted octanol–water partition coefficient (Wildman–Crippen LogP) is 4.58. The van der Waals surface area contributed by atoms with Crippen LogP contribution in [0.1, 0.15) is 51.4 Å². The van der Waals surface area contributed by atoms with Crippen molar-refractivity contribution in [1.82, 2.24) is 0 Å². The standard InChI is InChI=1S/C16H26O2/c1-3-13-4-6-14(7-5-13)15-8-10-16(11-9-15)18-12(2)17/h3,13-17H,1-2,4-11H2. The molecule has 0 heterocycles. The molecule has 0 radical (unpaired) electrons. The minimum atomic E-state index is -0.120. The fourth-order valence-electron chi connectivity index (χ4n) is 3.72. The zero-order chi connectivity index (χ0) is 13.0. The third-order valence-electron chi connectivity index (χ3n) is 4.84. The number of rotatable bonds is 4. The molecule has 18 heavy (non-hydrogen) atoms. The maximum absolute atomic E-state index is 9.05. The zero-order valence-electron chi connectivity index (χ0n) is 11.3. The van der Waals surface area contributed by atoms with E-state index in [-0.39, 0.29) is 12.0 Å². The molecule has 0 aliphatic heterocycles. The fraction of sp³-hybridized carbons (Fsp3) is 0.750. The van der Waals surface area contributed by atoms with Crippen LogP contribution in [0.4, 0.5) is 0 Å². The van der Waals surface area contributed by atoms with E-state index in [0.717, 1.165) is 30.6 Å². The van der Waals surface area contributed by atoms with E-state index in [2.05, 4.69) is 19.2 Å². The molecule has 1 N–H and O–H groups in total. The highest BCUT2D eigenvalue weighted by atomic mass is 16.6. The summed E-state index contributed by atoms with van der Waals surface area (Å²) in [4.78, 5) is 0. The van der Waals surface area contributed by atoms with Crippen molar-refractivity contribution >= 4 is 0 Å². The van der Waals surface area contributed by atoms with Gasteiger partial charge in [-0.15, -0.1) is 6.58 Å². The molecule has 0 amide bonds. The van der Waals surface area contributed by atoms with Crippen molar-refractivity contribution < 1.29 is 9.84 Å². The van der Waals surface area contributed by atoms with Crippen LogP contribution >= 0.6 is 0 Å². The van der Waals surface area contributed by atoms with E-state index >= 15 is 0 Å². The largest absolute Gasteiger partial charge is 0.481 e. The lowest BCUT2D eigenvalue weighted by Crippen LogP contribution is -2.28. The number of ether oxygens (including phenoxy) is 1. The van der Waals surface area contributed by atoms with Gasteiger partial charge in [-0.3, -0.25) is 0 Å². The second-order valence-electron chi connectivity index (χ2n) is 5.96. The molecule has 2 nitrogen and oxygen atoms in total. The van der Waals surface area contributed by atoms with Gasteiger partial charge in [0.25, 0.3) is 5.95 Å². The molecule has 0 spiro atoms. The summed E-state index contributed by atoms with van der Waals surface area (Å²) < 4.78 is 5.31. The molecule has 2 fully saturated rings. The Morgan fingerprint density at radius 3 is 1.89 bits per heavy atom. The molecule has 2 heteroatoms. The first-order chi connectivity index (χ1) is 8.69. The molecule has 2 saturated carbocycles. The van der Waals surface area contributed by atoms with E-state index in [9.17, 15) is 0 Å². The molecule has 0 saturated heterocycles. The van der Waals surface area contributed by atoms with E-state index in [1.807, 2.05) is 0 Å². The zero-order valence-corrected chi connectivity index (χ0v) is 11.3. The average molecular weight is 250 g/mol. The van der Waals surface area contributed by atoms with Gasteiger partial charge in [0.15, 0.2) is 0 Å². The number of aliphatic hydroxyl groups is 1. The van der Waals surface area contributed by atoms with Crippen molar-refractivity contribution in [3.05, 3.63) is 25.2 Å². The normalized spacial score (nSPS) is 36.9. The Hall–Kier alpha value is -0.920. The van der Waals surface area contributed by atoms with Gasteiger partial charge in [0.1, 0.15) is 6.10 Å². The number of hydrogen-bond acceptors (Lipinski definition) is 2. The molecule has 0 unspecified atom stereocenters. The Morgan fingerprint density at radius 2 is 1.44 bits per heavy atom. The summed E-state index contributed by atoms with van der Waals surface area (Å²) >= 11 is 0. The lowest BCUT2D eigenvalue weighted by molar-refractivity contribution is -0.00221. The summed E-state index contributed by atoms with van der Waals surface area (Å²) in [6, 6.07) is 0. The summed E-state index contributed by atoms with van der Waals surface area (Å²) in [5.74, 6) is 2.44. The van der Waals surface area contributed by atoms with Crippen molar-refractivity contribution in [2.45, 2.75) is 57.5 Å². The Kier molecular flexibility index (Phi) is 4.73. The van der Waals surface area contributed by atoms with Crippen molar-refractivity contribution in [1.29, 1.82) is 0 Å². The predicted molar refractivity (Wildman–Crippen MR) is 74.2 cm³/mol. The Balaban J connectivity index is 1.73. The van der Waals surface area contributed by atoms with Gasteiger partial charge in [-0.2, -0.15) is 0 Å². The molecule has 0 aromatic rings. The third-order valence-corrected chi connectivity index (χ3v) is 4.84. The molecule has 0 aromatic carbocycles. The number of allylic oxidation sites excluding steroid dienone is 1. The van der Waals surface area contributed by atoms with Crippen LogP contribution in [0.5, 0.6) is 0 Å². The summed E-state index contributed by atoms with van der Waals surface area (Å²) in [7, 11) is 0. The summed E-state index contributed by atoms with van der Waals surface area (Å²) in [6.45, 7) is 7.31. The van der Waals surface area contributed by atoms with Gasteiger partial charge < -0.3 is 9.84 Å². The van der Waals surface area contributed by atoms with Crippen LogP contribution in [-0.4, -0.2) is 11.2 Å². The number of aliphatic hydroxyl groups excluding tert-OH is 1. The van der Waals surface area contributed by atoms with Crippen LogP contribution in [0.25, 0.3) is 0 Å². The molecule has 2 aliphatic carbocycles. The number of hydrogen-bond donors (Lipinski definition) is 1. The second kappa shape index (κ2) is 6.31. The van der Waals surface area contributed by atoms with Crippen LogP contribution in [-0.2, 0) is 4.74 Å². The van der Waals surface area contributed by atoms with Gasteiger partial charge in [-0.25, -0.2) is 0 Å². The van der Waals surface area contributed by atoms with Crippen LogP contribution in [0.3, 0.4) is 0 Å². The van der Waals surface area contributed by atoms with E-state index in [1.54, 1.807) is 0 Å². The first kappa shape index (κ1) is 13.5. The molecule has 0 bridgehead atoms. The molecular formula is C16H26O2. The Morgan fingerprint density at radius 1 is 0.944 bits per heavy atom. The smallest absolute Gasteiger partial charge is 0.269 e. The summed E-state index contributed by atoms with van der Waals surface area (Å²) in [6.07, 6.45) is 12.4. The lowest BCUT2D eigenvalue weighted by Gasteiger charge is -2.37. The van der Waals surface area contributed by atoms with Crippen molar-refractivity contribution in [3.8, 4) is 0 Å². The van der Waals surface area contributed by atoms with Gasteiger partial charge >= 0.3 is 0 Å². The first-order valence-corrected chi connectivity index (χ1v) is 7.36. The van der Waals surface area contributed by atoms with E-state index in [0.29, 0.717) is 0 Å². The van der Waals surface area contributed by atoms with Crippen molar-refractivity contribution in [2.75, 3.05) is 0 Å². The highest BCUT2D eigenvalue weighted by Gasteiger charge is 2.30. The van der Waals surface area contributed by atoms with Gasteiger partial charge in [-0.05, 0) is 75.7 Å². The molecule has 0 aromatic heterocycles. The maximum atomic E-state index is 9.05. The van der Waals surface area contributed by atoms with Gasteiger partial charge in [0.05, 0.1) is 0 Å². The minimum absolute atomic E-state index is 0.120. The second-order valence-corrected chi connectivity index (χ2v) is 5.96. The van der Waals surface area contributed by atoms with Crippen LogP contribution in [0, 0.1) is 17.8 Å². The van der Waals surface area contributed by atoms with E-state index in [1.165, 1.54) is 38.5 Å².